The van der Waals surface area contributed by atoms with Crippen LogP contribution in [0.5, 0.6) is 0 Å². The normalized spacial score (nSPS) is 29.4. The van der Waals surface area contributed by atoms with E-state index >= 15 is 0 Å². The number of rotatable bonds is 7. The van der Waals surface area contributed by atoms with Crippen molar-refractivity contribution in [1.29, 1.82) is 0 Å². The third kappa shape index (κ3) is 4.88. The maximum absolute atomic E-state index is 12.5. The fraction of sp³-hybridized carbons (Fsp3) is 0.765. The SMILES string of the molecule is CCC(C)(O)P(=O)(O)OC(C)(C)C[C@H]1O[C@@H](n2cc(C)c(N)nc2=O)[C@H](O)[C@@H]1O. The van der Waals surface area contributed by atoms with Gasteiger partial charge in [0, 0.05) is 18.2 Å². The van der Waals surface area contributed by atoms with Gasteiger partial charge < -0.3 is 35.2 Å². The van der Waals surface area contributed by atoms with Crippen molar-refractivity contribution in [3.8, 4) is 0 Å². The zero-order valence-electron chi connectivity index (χ0n) is 17.1. The van der Waals surface area contributed by atoms with E-state index in [1.54, 1.807) is 13.8 Å². The van der Waals surface area contributed by atoms with Crippen LogP contribution in [0.2, 0.25) is 0 Å². The molecule has 1 fully saturated rings. The fourth-order valence-corrected chi connectivity index (χ4v) is 4.38. The van der Waals surface area contributed by atoms with Crippen LogP contribution in [0.3, 0.4) is 0 Å². The van der Waals surface area contributed by atoms with Gasteiger partial charge in [-0.1, -0.05) is 6.92 Å². The quantitative estimate of drug-likeness (QED) is 0.373. The Kier molecular flexibility index (Phi) is 6.66. The van der Waals surface area contributed by atoms with Gasteiger partial charge in [0.05, 0.1) is 11.7 Å². The smallest absolute Gasteiger partial charge is 0.359 e. The second kappa shape index (κ2) is 8.07. The first kappa shape index (κ1) is 23.9. The molecule has 1 aromatic rings. The number of hydrogen-bond donors (Lipinski definition) is 5. The highest BCUT2D eigenvalue weighted by Gasteiger charge is 2.50. The molecule has 0 saturated carbocycles. The van der Waals surface area contributed by atoms with Crippen molar-refractivity contribution >= 4 is 13.4 Å². The number of aliphatic hydroxyl groups excluding tert-OH is 2. The molecule has 0 amide bonds. The number of aromatic nitrogens is 2. The molecule has 6 atom stereocenters. The van der Waals surface area contributed by atoms with E-state index in [1.165, 1.54) is 27.0 Å². The molecule has 2 unspecified atom stereocenters. The molecule has 6 N–H and O–H groups in total. The summed E-state index contributed by atoms with van der Waals surface area (Å²) in [7, 11) is -4.43. The lowest BCUT2D eigenvalue weighted by atomic mass is 9.97. The lowest BCUT2D eigenvalue weighted by Gasteiger charge is -2.35. The van der Waals surface area contributed by atoms with E-state index in [2.05, 4.69) is 4.98 Å². The minimum absolute atomic E-state index is 0.00734. The van der Waals surface area contributed by atoms with Gasteiger partial charge in [0.1, 0.15) is 18.0 Å². The highest BCUT2D eigenvalue weighted by Crippen LogP contribution is 2.58. The average molecular weight is 435 g/mol. The van der Waals surface area contributed by atoms with Crippen molar-refractivity contribution in [2.24, 2.45) is 0 Å². The number of anilines is 1. The van der Waals surface area contributed by atoms with Gasteiger partial charge >= 0.3 is 13.3 Å². The van der Waals surface area contributed by atoms with Crippen molar-refractivity contribution in [3.05, 3.63) is 22.2 Å². The van der Waals surface area contributed by atoms with Crippen molar-refractivity contribution in [2.45, 2.75) is 82.9 Å². The molecule has 0 aliphatic carbocycles. The Morgan fingerprint density at radius 3 is 2.48 bits per heavy atom. The number of nitrogens with zero attached hydrogens (tertiary/aromatic N) is 2. The first-order valence-corrected chi connectivity index (χ1v) is 10.8. The van der Waals surface area contributed by atoms with Crippen LogP contribution in [0, 0.1) is 6.92 Å². The maximum Gasteiger partial charge on any atom is 0.359 e. The summed E-state index contributed by atoms with van der Waals surface area (Å²) in [5.41, 5.74) is 4.04. The number of aryl methyl sites for hydroxylation is 1. The van der Waals surface area contributed by atoms with E-state index in [9.17, 15) is 29.6 Å². The third-order valence-electron chi connectivity index (χ3n) is 5.13. The van der Waals surface area contributed by atoms with Crippen LogP contribution in [0.25, 0.3) is 0 Å². The highest BCUT2D eigenvalue weighted by molar-refractivity contribution is 7.54. The summed E-state index contributed by atoms with van der Waals surface area (Å²) in [6.07, 6.45) is -3.80. The zero-order chi connectivity index (χ0) is 22.4. The van der Waals surface area contributed by atoms with Gasteiger partial charge in [-0.3, -0.25) is 9.13 Å². The molecule has 0 aromatic carbocycles. The molecule has 166 valence electrons. The molecule has 1 aromatic heterocycles. The minimum atomic E-state index is -4.43. The molecule has 2 rings (SSSR count). The van der Waals surface area contributed by atoms with Crippen LogP contribution in [0.1, 0.15) is 52.3 Å². The van der Waals surface area contributed by atoms with E-state index < -0.39 is 48.8 Å². The second-order valence-electron chi connectivity index (χ2n) is 8.19. The van der Waals surface area contributed by atoms with Crippen molar-refractivity contribution in [3.63, 3.8) is 0 Å². The standard InChI is InChI=1S/C17H30N3O8P/c1-6-17(5,24)29(25,26)28-16(3,4)7-10-11(21)12(22)14(27-10)20-8-9(2)13(18)19-15(20)23/h8,10-12,14,21-22,24H,6-7H2,1-5H3,(H,25,26)(H2,18,19,23)/t10-,11-,12-,14-,17?/m1/s1. The van der Waals surface area contributed by atoms with E-state index in [1.807, 2.05) is 0 Å². The molecule has 0 spiro atoms. The molecular formula is C17H30N3O8P. The lowest BCUT2D eigenvalue weighted by molar-refractivity contribution is -0.0664. The summed E-state index contributed by atoms with van der Waals surface area (Å²) < 4.78 is 24.5. The number of nitrogens with two attached hydrogens (primary N) is 1. The number of nitrogen functional groups attached to an aromatic ring is 1. The Hall–Kier alpha value is -1.33. The molecule has 0 bridgehead atoms. The van der Waals surface area contributed by atoms with E-state index in [0.29, 0.717) is 5.56 Å². The first-order chi connectivity index (χ1) is 13.1. The van der Waals surface area contributed by atoms with Gasteiger partial charge in [0.25, 0.3) is 0 Å². The van der Waals surface area contributed by atoms with E-state index in [4.69, 9.17) is 15.0 Å². The van der Waals surface area contributed by atoms with Crippen LogP contribution >= 0.6 is 7.60 Å². The summed E-state index contributed by atoms with van der Waals surface area (Å²) >= 11 is 0. The largest absolute Gasteiger partial charge is 0.388 e. The summed E-state index contributed by atoms with van der Waals surface area (Å²) in [6, 6.07) is 0. The van der Waals surface area contributed by atoms with Gasteiger partial charge in [-0.15, -0.1) is 0 Å². The molecule has 1 saturated heterocycles. The van der Waals surface area contributed by atoms with Gasteiger partial charge in [0.15, 0.2) is 11.6 Å². The Balaban J connectivity index is 2.21. The van der Waals surface area contributed by atoms with Gasteiger partial charge in [-0.2, -0.15) is 4.98 Å². The van der Waals surface area contributed by atoms with Crippen LogP contribution in [-0.4, -0.2) is 59.0 Å². The first-order valence-electron chi connectivity index (χ1n) is 9.25. The minimum Gasteiger partial charge on any atom is -0.388 e. The molecule has 1 aliphatic rings. The van der Waals surface area contributed by atoms with Crippen LogP contribution < -0.4 is 11.4 Å². The van der Waals surface area contributed by atoms with Crippen molar-refractivity contribution in [2.75, 3.05) is 5.73 Å². The van der Waals surface area contributed by atoms with E-state index in [-0.39, 0.29) is 18.7 Å². The molecule has 11 nitrogen and oxygen atoms in total. The number of ether oxygens (including phenoxy) is 1. The van der Waals surface area contributed by atoms with Gasteiger partial charge in [0.2, 0.25) is 0 Å². The van der Waals surface area contributed by atoms with Crippen molar-refractivity contribution in [1.82, 2.24) is 9.55 Å². The van der Waals surface area contributed by atoms with E-state index in [0.717, 1.165) is 4.57 Å². The van der Waals surface area contributed by atoms with Crippen LogP contribution in [0.4, 0.5) is 5.82 Å². The van der Waals surface area contributed by atoms with Crippen molar-refractivity contribution < 1.29 is 34.0 Å². The van der Waals surface area contributed by atoms with Crippen LogP contribution in [-0.2, 0) is 13.8 Å². The highest BCUT2D eigenvalue weighted by atomic mass is 31.2. The predicted octanol–water partition coefficient (Wildman–Crippen LogP) is 0.242. The molecular weight excluding hydrogens is 405 g/mol. The third-order valence-corrected chi connectivity index (χ3v) is 7.40. The zero-order valence-corrected chi connectivity index (χ0v) is 18.0. The molecule has 29 heavy (non-hydrogen) atoms. The Morgan fingerprint density at radius 1 is 1.34 bits per heavy atom. The number of aliphatic hydroxyl groups is 3. The molecule has 2 heterocycles. The second-order valence-corrected chi connectivity index (χ2v) is 10.4. The Labute approximate surface area is 168 Å². The number of hydrogen-bond acceptors (Lipinski definition) is 9. The topological polar surface area (TPSA) is 177 Å². The summed E-state index contributed by atoms with van der Waals surface area (Å²) in [5, 5.41) is 29.0. The molecule has 0 radical (unpaired) electrons. The summed E-state index contributed by atoms with van der Waals surface area (Å²) in [5.74, 6) is 0.0482. The molecule has 12 heteroatoms. The fourth-order valence-electron chi connectivity index (χ4n) is 3.04. The van der Waals surface area contributed by atoms with Crippen LogP contribution in [0.15, 0.2) is 11.0 Å². The van der Waals surface area contributed by atoms with Gasteiger partial charge in [-0.05, 0) is 34.1 Å². The monoisotopic (exact) mass is 435 g/mol. The summed E-state index contributed by atoms with van der Waals surface area (Å²) in [4.78, 5) is 25.9. The Bertz CT molecular complexity index is 856. The molecule has 1 aliphatic heterocycles. The summed E-state index contributed by atoms with van der Waals surface area (Å²) in [6.45, 7) is 7.37. The maximum atomic E-state index is 12.5. The lowest BCUT2D eigenvalue weighted by Crippen LogP contribution is -2.39. The predicted molar refractivity (Wildman–Crippen MR) is 104 cm³/mol. The Morgan fingerprint density at radius 2 is 1.93 bits per heavy atom. The van der Waals surface area contributed by atoms with Gasteiger partial charge in [-0.25, -0.2) is 4.79 Å². The average Bonchev–Trinajstić information content (AvgIpc) is 2.84.